The number of carbonyl (C=O) groups excluding carboxylic acids is 1. The van der Waals surface area contributed by atoms with E-state index in [2.05, 4.69) is 71.1 Å². The van der Waals surface area contributed by atoms with Gasteiger partial charge in [0, 0.05) is 53.3 Å². The number of aldehydes is 1. The van der Waals surface area contributed by atoms with Gasteiger partial charge in [-0.25, -0.2) is 0 Å². The van der Waals surface area contributed by atoms with Crippen molar-refractivity contribution in [2.45, 2.75) is 32.9 Å². The Morgan fingerprint density at radius 1 is 0.824 bits per heavy atom. The van der Waals surface area contributed by atoms with Gasteiger partial charge in [0.2, 0.25) is 0 Å². The minimum atomic E-state index is 0.656. The number of fused-ring (bicyclic) bond motifs is 2. The van der Waals surface area contributed by atoms with Crippen molar-refractivity contribution in [3.05, 3.63) is 93.1 Å². The van der Waals surface area contributed by atoms with Crippen LogP contribution in [0.3, 0.4) is 0 Å². The van der Waals surface area contributed by atoms with Crippen LogP contribution in [-0.2, 0) is 17.9 Å². The molecule has 4 nitrogen and oxygen atoms in total. The van der Waals surface area contributed by atoms with Gasteiger partial charge in [0.15, 0.2) is 0 Å². The van der Waals surface area contributed by atoms with Crippen LogP contribution in [0, 0.1) is 6.92 Å². The summed E-state index contributed by atoms with van der Waals surface area (Å²) in [6.45, 7) is 4.37. The van der Waals surface area contributed by atoms with Gasteiger partial charge in [0.25, 0.3) is 0 Å². The molecule has 0 aliphatic carbocycles. The molecule has 5 rings (SSSR count). The zero-order valence-corrected chi connectivity index (χ0v) is 20.9. The summed E-state index contributed by atoms with van der Waals surface area (Å²) < 4.78 is 0. The molecule has 0 atom stereocenters. The van der Waals surface area contributed by atoms with E-state index in [4.69, 9.17) is 23.2 Å². The highest BCUT2D eigenvalue weighted by Crippen LogP contribution is 2.43. The fourth-order valence-electron chi connectivity index (χ4n) is 4.96. The van der Waals surface area contributed by atoms with Crippen molar-refractivity contribution in [3.8, 4) is 0 Å². The average molecular weight is 492 g/mol. The summed E-state index contributed by atoms with van der Waals surface area (Å²) in [4.78, 5) is 18.3. The molecule has 0 amide bonds. The van der Waals surface area contributed by atoms with E-state index >= 15 is 0 Å². The van der Waals surface area contributed by atoms with E-state index in [-0.39, 0.29) is 0 Å². The summed E-state index contributed by atoms with van der Waals surface area (Å²) in [6.07, 6.45) is 4.75. The van der Waals surface area contributed by atoms with Crippen molar-refractivity contribution >= 4 is 52.2 Å². The van der Waals surface area contributed by atoms with Crippen molar-refractivity contribution in [1.29, 1.82) is 0 Å². The first-order chi connectivity index (χ1) is 16.4. The molecule has 0 spiro atoms. The van der Waals surface area contributed by atoms with E-state index in [0.29, 0.717) is 6.54 Å². The zero-order valence-electron chi connectivity index (χ0n) is 19.4. The van der Waals surface area contributed by atoms with Crippen LogP contribution in [0.25, 0.3) is 0 Å². The summed E-state index contributed by atoms with van der Waals surface area (Å²) in [5.41, 5.74) is 8.77. The molecule has 3 aromatic carbocycles. The highest BCUT2D eigenvalue weighted by Gasteiger charge is 2.25. The Balaban J connectivity index is 1.71. The fourth-order valence-corrected chi connectivity index (χ4v) is 5.35. The maximum absolute atomic E-state index is 11.5. The minimum Gasteiger partial charge on any atom is -0.370 e. The van der Waals surface area contributed by atoms with Crippen molar-refractivity contribution < 1.29 is 4.79 Å². The van der Waals surface area contributed by atoms with Crippen LogP contribution in [0.4, 0.5) is 22.7 Å². The van der Waals surface area contributed by atoms with Gasteiger partial charge < -0.3 is 14.7 Å². The number of benzene rings is 3. The Labute approximate surface area is 211 Å². The lowest BCUT2D eigenvalue weighted by atomic mass is 10.0. The van der Waals surface area contributed by atoms with Gasteiger partial charge in [-0.2, -0.15) is 0 Å². The van der Waals surface area contributed by atoms with Crippen molar-refractivity contribution in [3.63, 3.8) is 0 Å². The molecule has 174 valence electrons. The Bertz CT molecular complexity index is 1290. The molecule has 0 fully saturated rings. The lowest BCUT2D eigenvalue weighted by Gasteiger charge is -2.37. The van der Waals surface area contributed by atoms with Crippen LogP contribution in [0.5, 0.6) is 0 Å². The first-order valence-corrected chi connectivity index (χ1v) is 12.3. The molecule has 2 heterocycles. The first-order valence-electron chi connectivity index (χ1n) is 11.5. The molecular weight excluding hydrogens is 465 g/mol. The maximum atomic E-state index is 11.5. The van der Waals surface area contributed by atoms with E-state index in [1.807, 2.05) is 18.3 Å². The standard InChI is InChI=1S/C28H27Cl2N3O/c1-19-5-8-27(32-11-3-4-20(15-32)18-34)28(12-19)33-17-22-14-23(29)6-9-25(22)31(2)16-21-13-24(30)7-10-26(21)33/h5-10,12-15,18H,3-4,11,16-17H2,1-2H3. The third kappa shape index (κ3) is 4.40. The monoisotopic (exact) mass is 491 g/mol. The highest BCUT2D eigenvalue weighted by molar-refractivity contribution is 6.31. The Morgan fingerprint density at radius 2 is 1.50 bits per heavy atom. The van der Waals surface area contributed by atoms with Crippen LogP contribution in [-0.4, -0.2) is 19.9 Å². The zero-order chi connectivity index (χ0) is 23.8. The molecule has 0 saturated heterocycles. The molecule has 0 radical (unpaired) electrons. The number of hydrogen-bond donors (Lipinski definition) is 0. The number of hydrogen-bond acceptors (Lipinski definition) is 4. The number of rotatable bonds is 3. The summed E-state index contributed by atoms with van der Waals surface area (Å²) in [6, 6.07) is 18.7. The molecule has 0 saturated carbocycles. The molecule has 0 N–H and O–H groups in total. The molecule has 0 bridgehead atoms. The van der Waals surface area contributed by atoms with Crippen LogP contribution in [0.1, 0.15) is 29.5 Å². The van der Waals surface area contributed by atoms with Crippen molar-refractivity contribution in [2.24, 2.45) is 0 Å². The van der Waals surface area contributed by atoms with Crippen molar-refractivity contribution in [1.82, 2.24) is 0 Å². The van der Waals surface area contributed by atoms with Crippen molar-refractivity contribution in [2.75, 3.05) is 28.3 Å². The predicted octanol–water partition coefficient (Wildman–Crippen LogP) is 7.27. The Kier molecular flexibility index (Phi) is 6.28. The second-order valence-electron chi connectivity index (χ2n) is 9.10. The summed E-state index contributed by atoms with van der Waals surface area (Å²) in [5.74, 6) is 0. The lowest BCUT2D eigenvalue weighted by molar-refractivity contribution is -0.105. The Morgan fingerprint density at radius 3 is 2.24 bits per heavy atom. The van der Waals surface area contributed by atoms with Crippen LogP contribution < -0.4 is 14.7 Å². The molecule has 6 heteroatoms. The number of allylic oxidation sites excluding steroid dienone is 1. The Hall–Kier alpha value is -2.95. The summed E-state index contributed by atoms with van der Waals surface area (Å²) in [7, 11) is 2.10. The van der Waals surface area contributed by atoms with Gasteiger partial charge in [-0.1, -0.05) is 29.3 Å². The van der Waals surface area contributed by atoms with E-state index < -0.39 is 0 Å². The van der Waals surface area contributed by atoms with Crippen LogP contribution in [0.15, 0.2) is 66.4 Å². The fraction of sp³-hybridized carbons (Fsp3) is 0.250. The third-order valence-corrected chi connectivity index (χ3v) is 7.06. The van der Waals surface area contributed by atoms with Gasteiger partial charge in [-0.3, -0.25) is 4.79 Å². The topological polar surface area (TPSA) is 26.8 Å². The normalized spacial score (nSPS) is 15.8. The van der Waals surface area contributed by atoms with E-state index in [9.17, 15) is 4.79 Å². The van der Waals surface area contributed by atoms with E-state index in [1.165, 1.54) is 5.56 Å². The maximum Gasteiger partial charge on any atom is 0.147 e. The third-order valence-electron chi connectivity index (χ3n) is 6.59. The average Bonchev–Trinajstić information content (AvgIpc) is 2.82. The predicted molar refractivity (Wildman–Crippen MR) is 143 cm³/mol. The molecule has 2 aliphatic rings. The van der Waals surface area contributed by atoms with Gasteiger partial charge in [0.1, 0.15) is 6.29 Å². The number of nitrogens with zero attached hydrogens (tertiary/aromatic N) is 3. The van der Waals surface area contributed by atoms with Crippen LogP contribution >= 0.6 is 23.2 Å². The van der Waals surface area contributed by atoms with E-state index in [1.54, 1.807) is 0 Å². The smallest absolute Gasteiger partial charge is 0.147 e. The quantitative estimate of drug-likeness (QED) is 0.359. The SMILES string of the molecule is Cc1ccc(N2C=C(C=O)CCC2)c(N2Cc3cc(Cl)ccc3N(C)Cc3cc(Cl)ccc32)c1. The summed E-state index contributed by atoms with van der Waals surface area (Å²) in [5, 5.41) is 1.45. The molecule has 0 aromatic heterocycles. The molecule has 3 aromatic rings. The number of carbonyl (C=O) groups is 1. The second-order valence-corrected chi connectivity index (χ2v) is 9.97. The molecular formula is C28H27Cl2N3O. The molecule has 34 heavy (non-hydrogen) atoms. The lowest BCUT2D eigenvalue weighted by Crippen LogP contribution is -2.29. The number of anilines is 4. The van der Waals surface area contributed by atoms with Gasteiger partial charge >= 0.3 is 0 Å². The minimum absolute atomic E-state index is 0.656. The summed E-state index contributed by atoms with van der Waals surface area (Å²) >= 11 is 12.9. The number of aryl methyl sites for hydroxylation is 1. The molecule has 0 unspecified atom stereocenters. The molecule has 2 aliphatic heterocycles. The largest absolute Gasteiger partial charge is 0.370 e. The highest BCUT2D eigenvalue weighted by atomic mass is 35.5. The van der Waals surface area contributed by atoms with Gasteiger partial charge in [-0.05, 0) is 85.0 Å². The van der Waals surface area contributed by atoms with Gasteiger partial charge in [0.05, 0.1) is 17.9 Å². The number of halogens is 2. The van der Waals surface area contributed by atoms with Gasteiger partial charge in [-0.15, -0.1) is 0 Å². The van der Waals surface area contributed by atoms with E-state index in [0.717, 1.165) is 81.7 Å². The second kappa shape index (κ2) is 9.36. The first kappa shape index (κ1) is 22.8. The van der Waals surface area contributed by atoms with Crippen LogP contribution in [0.2, 0.25) is 10.0 Å².